The Bertz CT molecular complexity index is 3190. The van der Waals surface area contributed by atoms with Gasteiger partial charge in [0.05, 0.1) is 26.0 Å². The summed E-state index contributed by atoms with van der Waals surface area (Å²) in [5.41, 5.74) is 12.8. The second-order valence-electron chi connectivity index (χ2n) is 17.2. The number of hydrogen-bond acceptors (Lipinski definition) is 21. The molecule has 3 aromatic heterocycles. The first-order valence-electron chi connectivity index (χ1n) is 22.7. The van der Waals surface area contributed by atoms with Gasteiger partial charge in [-0.05, 0) is 47.0 Å². The zero-order valence-electron chi connectivity index (χ0n) is 39.6. The van der Waals surface area contributed by atoms with Crippen molar-refractivity contribution >= 4 is 62.1 Å². The molecule has 0 aliphatic carbocycles. The molecule has 3 aromatic carbocycles. The van der Waals surface area contributed by atoms with E-state index in [-0.39, 0.29) is 48.2 Å². The van der Waals surface area contributed by atoms with Gasteiger partial charge >= 0.3 is 33.4 Å². The molecule has 10 atom stereocenters. The van der Waals surface area contributed by atoms with Gasteiger partial charge in [-0.15, -0.1) is 0 Å². The minimum Gasteiger partial charge on any atom is -0.455 e. The number of imidazole rings is 1. The van der Waals surface area contributed by atoms with Gasteiger partial charge < -0.3 is 60.6 Å². The summed E-state index contributed by atoms with van der Waals surface area (Å²) < 4.78 is 79.0. The number of rotatable bonds is 20. The van der Waals surface area contributed by atoms with E-state index in [4.69, 9.17) is 39.5 Å². The number of likely N-dealkylation sites (N-methyl/N-ethyl adjacent to an activating group) is 1. The van der Waals surface area contributed by atoms with Crippen LogP contribution in [0.25, 0.3) is 11.2 Å². The Morgan fingerprint density at radius 3 is 2.16 bits per heavy atom. The highest BCUT2D eigenvalue weighted by Crippen LogP contribution is 2.50. The summed E-state index contributed by atoms with van der Waals surface area (Å²) in [5.74, 6) is -2.15. The fourth-order valence-electron chi connectivity index (χ4n) is 8.12. The quantitative estimate of drug-likeness (QED) is 0.0396. The van der Waals surface area contributed by atoms with Gasteiger partial charge in [0.1, 0.15) is 66.6 Å². The summed E-state index contributed by atoms with van der Waals surface area (Å²) in [4.78, 5) is 100. The summed E-state index contributed by atoms with van der Waals surface area (Å²) in [6.07, 6.45) is -12.1. The molecule has 5 heterocycles. The van der Waals surface area contributed by atoms with Crippen molar-refractivity contribution in [3.8, 4) is 0 Å². The van der Waals surface area contributed by atoms with E-state index in [0.29, 0.717) is 22.4 Å². The summed E-state index contributed by atoms with van der Waals surface area (Å²) in [6, 6.07) is 20.0. The number of nitrogens with zero attached hydrogens (tertiary/aromatic N) is 7. The molecule has 10 N–H and O–H groups in total. The number of carbonyl (C=O) groups is 3. The lowest BCUT2D eigenvalue weighted by atomic mass is 10.0. The van der Waals surface area contributed by atoms with E-state index in [2.05, 4.69) is 29.8 Å². The number of amides is 2. The van der Waals surface area contributed by atoms with Gasteiger partial charge in [0, 0.05) is 25.4 Å². The average molecular weight is 1100 g/mol. The molecule has 2 saturated heterocycles. The molecular weight excluding hydrogens is 1050 g/mol. The summed E-state index contributed by atoms with van der Waals surface area (Å²) in [6.45, 7) is -2.36. The average Bonchev–Trinajstić information content (AvgIpc) is 4.06. The zero-order valence-corrected chi connectivity index (χ0v) is 41.4. The van der Waals surface area contributed by atoms with Crippen LogP contribution < -0.4 is 22.5 Å². The number of halogens is 1. The fourth-order valence-corrected chi connectivity index (χ4v) is 9.43. The molecule has 2 aliphatic heterocycles. The van der Waals surface area contributed by atoms with Crippen LogP contribution in [0.1, 0.15) is 29.1 Å². The maximum absolute atomic E-state index is 14.5. The molecule has 6 aromatic rings. The Morgan fingerprint density at radius 2 is 1.47 bits per heavy atom. The summed E-state index contributed by atoms with van der Waals surface area (Å²) >= 11 is 0. The molecule has 2 fully saturated rings. The lowest BCUT2D eigenvalue weighted by Gasteiger charge is -2.29. The molecule has 0 bridgehead atoms. The highest BCUT2D eigenvalue weighted by atomic mass is 31.2. The zero-order chi connectivity index (χ0) is 54.5. The molecule has 31 heteroatoms. The van der Waals surface area contributed by atoms with Gasteiger partial charge in [-0.25, -0.2) is 42.9 Å². The standard InChI is InChI=1S/C45H49FN10O18P2/c1-54(45(62)68-19-26-9-13-28(14-10-26)52-33(57)18-25-7-11-27(46)12-8-25)29(17-24-5-3-2-4-6-24)43(60)73-37-30(71-42(35(37)58)56-23-51-34-39(48)49-22-50-40(34)56)21-70-76(66,67)74-38-31(20-69-75(63,64)65)72-41(36(38)59)55-16-15-32(47)53-44(55)61/h2-16,22-23,29-31,35-38,41-42,58-59H,17-21H2,1H3,(H,52,57)(H,66,67)(H2,47,53,61)(H2,48,49,50)(H2,63,64,65)/t29-,30+,31+,35-,36-,37-,38-,41+,42+/m0/s1. The van der Waals surface area contributed by atoms with E-state index in [1.165, 1.54) is 42.2 Å². The van der Waals surface area contributed by atoms with Crippen LogP contribution in [0.15, 0.2) is 109 Å². The van der Waals surface area contributed by atoms with Crippen molar-refractivity contribution in [3.05, 3.63) is 137 Å². The summed E-state index contributed by atoms with van der Waals surface area (Å²) in [5, 5.41) is 25.9. The third-order valence-corrected chi connectivity index (χ3v) is 13.4. The van der Waals surface area contributed by atoms with Crippen molar-refractivity contribution in [1.82, 2.24) is 34.0 Å². The lowest BCUT2D eigenvalue weighted by molar-refractivity contribution is -0.162. The highest BCUT2D eigenvalue weighted by Gasteiger charge is 2.52. The molecule has 404 valence electrons. The number of esters is 1. The molecule has 28 nitrogen and oxygen atoms in total. The van der Waals surface area contributed by atoms with Crippen LogP contribution in [0.4, 0.5) is 26.5 Å². The van der Waals surface area contributed by atoms with Crippen molar-refractivity contribution in [2.45, 2.75) is 74.6 Å². The second-order valence-corrected chi connectivity index (χ2v) is 19.8. The van der Waals surface area contributed by atoms with Crippen LogP contribution in [0.3, 0.4) is 0 Å². The smallest absolute Gasteiger partial charge is 0.455 e. The van der Waals surface area contributed by atoms with E-state index < -0.39 is 108 Å². The van der Waals surface area contributed by atoms with Gasteiger partial charge in [0.25, 0.3) is 0 Å². The van der Waals surface area contributed by atoms with Crippen LogP contribution >= 0.6 is 15.6 Å². The Morgan fingerprint density at radius 1 is 0.829 bits per heavy atom. The van der Waals surface area contributed by atoms with Gasteiger partial charge in [-0.3, -0.25) is 32.4 Å². The minimum absolute atomic E-state index is 0.00279. The van der Waals surface area contributed by atoms with Crippen LogP contribution in [0.5, 0.6) is 0 Å². The van der Waals surface area contributed by atoms with E-state index in [1.54, 1.807) is 54.6 Å². The number of nitrogen functional groups attached to an aromatic ring is 2. The Balaban J connectivity index is 0.991. The molecule has 8 rings (SSSR count). The van der Waals surface area contributed by atoms with Crippen LogP contribution in [0, 0.1) is 5.82 Å². The molecule has 0 spiro atoms. The number of fused-ring (bicyclic) bond motifs is 1. The molecule has 2 aliphatic rings. The predicted molar refractivity (Wildman–Crippen MR) is 258 cm³/mol. The van der Waals surface area contributed by atoms with Gasteiger partial charge in [-0.2, -0.15) is 4.98 Å². The third-order valence-electron chi connectivity index (χ3n) is 11.9. The van der Waals surface area contributed by atoms with E-state index in [9.17, 15) is 57.6 Å². The van der Waals surface area contributed by atoms with Crippen molar-refractivity contribution in [2.75, 3.05) is 37.0 Å². The molecular formula is C45H49FN10O18P2. The first kappa shape index (κ1) is 55.1. The molecule has 2 amide bonds. The highest BCUT2D eigenvalue weighted by molar-refractivity contribution is 7.47. The monoisotopic (exact) mass is 1100 g/mol. The number of phosphoric acid groups is 2. The van der Waals surface area contributed by atoms with E-state index in [1.807, 2.05) is 0 Å². The number of aromatic nitrogens is 6. The first-order valence-corrected chi connectivity index (χ1v) is 25.7. The number of carbonyl (C=O) groups excluding carboxylic acids is 3. The van der Waals surface area contributed by atoms with Crippen LogP contribution in [-0.2, 0) is 70.7 Å². The number of nitrogens with two attached hydrogens (primary N) is 2. The number of aliphatic hydroxyl groups excluding tert-OH is 2. The Labute approximate surface area is 428 Å². The number of phosphoric ester groups is 2. The summed E-state index contributed by atoms with van der Waals surface area (Å²) in [7, 11) is -9.44. The molecule has 1 unspecified atom stereocenters. The predicted octanol–water partition coefficient (Wildman–Crippen LogP) is 1.49. The molecule has 0 radical (unpaired) electrons. The van der Waals surface area contributed by atoms with Crippen LogP contribution in [0.2, 0.25) is 0 Å². The SMILES string of the molecule is CN(C(=O)OCc1ccc(NC(=O)Cc2ccc(F)cc2)cc1)[C@@H](Cc1ccccc1)C(=O)O[C@@H]1[C@H](O)[C@H](n2cnc3c(N)ncnc32)O[C@@H]1COP(=O)(O)O[C@@H]1[C@H](O)[C@H](n2ccc(N)nc2=O)O[C@@H]1COP(=O)(O)O. The number of nitrogens with one attached hydrogen (secondary N) is 1. The topological polar surface area (TPSA) is 397 Å². The van der Waals surface area contributed by atoms with Crippen molar-refractivity contribution in [3.63, 3.8) is 0 Å². The fraction of sp³-hybridized carbons (Fsp3) is 0.333. The maximum Gasteiger partial charge on any atom is 0.472 e. The van der Waals surface area contributed by atoms with Gasteiger partial charge in [0.2, 0.25) is 5.91 Å². The normalized spacial score (nSPS) is 22.7. The number of aliphatic hydroxyl groups is 2. The van der Waals surface area contributed by atoms with Crippen molar-refractivity contribution in [2.24, 2.45) is 0 Å². The number of benzene rings is 3. The molecule has 0 saturated carbocycles. The van der Waals surface area contributed by atoms with Gasteiger partial charge in [-0.1, -0.05) is 54.6 Å². The number of ether oxygens (including phenoxy) is 4. The van der Waals surface area contributed by atoms with Gasteiger partial charge in [0.15, 0.2) is 30.0 Å². The lowest BCUT2D eigenvalue weighted by Crippen LogP contribution is -2.48. The largest absolute Gasteiger partial charge is 0.472 e. The number of hydrogen-bond donors (Lipinski definition) is 8. The van der Waals surface area contributed by atoms with E-state index in [0.717, 1.165) is 28.1 Å². The van der Waals surface area contributed by atoms with Crippen molar-refractivity contribution < 1.29 is 85.3 Å². The Hall–Kier alpha value is -7.11. The van der Waals surface area contributed by atoms with E-state index >= 15 is 0 Å². The number of anilines is 3. The molecule has 76 heavy (non-hydrogen) atoms. The third kappa shape index (κ3) is 13.5. The minimum atomic E-state index is -5.50. The Kier molecular flexibility index (Phi) is 17.0. The maximum atomic E-state index is 14.5. The van der Waals surface area contributed by atoms with Crippen molar-refractivity contribution in [1.29, 1.82) is 0 Å². The first-order chi connectivity index (χ1) is 36.1. The second kappa shape index (κ2) is 23.4. The van der Waals surface area contributed by atoms with Crippen LogP contribution in [-0.4, -0.2) is 140 Å².